The van der Waals surface area contributed by atoms with E-state index < -0.39 is 30.2 Å². The van der Waals surface area contributed by atoms with Gasteiger partial charge >= 0.3 is 11.9 Å². The fourth-order valence-corrected chi connectivity index (χ4v) is 3.13. The number of ether oxygens (including phenoxy) is 2. The molecule has 0 saturated heterocycles. The Labute approximate surface area is 159 Å². The number of aromatic hydroxyl groups is 2. The van der Waals surface area contributed by atoms with Gasteiger partial charge in [0.15, 0.2) is 6.61 Å². The Morgan fingerprint density at radius 1 is 1.04 bits per heavy atom. The van der Waals surface area contributed by atoms with Crippen molar-refractivity contribution in [3.05, 3.63) is 40.3 Å². The van der Waals surface area contributed by atoms with Gasteiger partial charge in [-0.1, -0.05) is 6.92 Å². The largest absolute Gasteiger partial charge is 0.508 e. The van der Waals surface area contributed by atoms with E-state index >= 15 is 0 Å². The standard InChI is InChI=1S/C18H19NO7S/c1-3-11-8-13(18(24)25-4-2)16(27-11)19-15(22)9-26-17(23)12-6-5-10(20)7-14(12)21/h5-8,20-21H,3-4,9H2,1-2H3,(H,19,22). The van der Waals surface area contributed by atoms with Gasteiger partial charge in [-0.25, -0.2) is 9.59 Å². The molecule has 144 valence electrons. The topological polar surface area (TPSA) is 122 Å². The number of hydrogen-bond donors (Lipinski definition) is 3. The molecule has 2 aromatic rings. The van der Waals surface area contributed by atoms with Gasteiger partial charge in [0, 0.05) is 10.9 Å². The van der Waals surface area contributed by atoms with Crippen molar-refractivity contribution in [3.8, 4) is 11.5 Å². The Morgan fingerprint density at radius 3 is 2.37 bits per heavy atom. The van der Waals surface area contributed by atoms with Crippen molar-refractivity contribution in [2.24, 2.45) is 0 Å². The Kier molecular flexibility index (Phi) is 6.78. The molecule has 1 aromatic heterocycles. The summed E-state index contributed by atoms with van der Waals surface area (Å²) in [5.41, 5.74) is 0.0618. The van der Waals surface area contributed by atoms with Crippen LogP contribution in [0.2, 0.25) is 0 Å². The lowest BCUT2D eigenvalue weighted by molar-refractivity contribution is -0.119. The number of phenolic OH excluding ortho intramolecular Hbond substituents is 2. The summed E-state index contributed by atoms with van der Waals surface area (Å²) in [5, 5.41) is 21.7. The van der Waals surface area contributed by atoms with Crippen LogP contribution in [0.15, 0.2) is 24.3 Å². The Hall–Kier alpha value is -3.07. The lowest BCUT2D eigenvalue weighted by atomic mass is 10.2. The molecule has 0 unspecified atom stereocenters. The number of anilines is 1. The van der Waals surface area contributed by atoms with Crippen molar-refractivity contribution in [1.29, 1.82) is 0 Å². The highest BCUT2D eigenvalue weighted by Gasteiger charge is 2.20. The zero-order chi connectivity index (χ0) is 20.0. The third-order valence-electron chi connectivity index (χ3n) is 3.42. The molecular weight excluding hydrogens is 374 g/mol. The summed E-state index contributed by atoms with van der Waals surface area (Å²) in [6.45, 7) is 3.19. The van der Waals surface area contributed by atoms with Crippen LogP contribution in [-0.2, 0) is 20.7 Å². The van der Waals surface area contributed by atoms with Crippen molar-refractivity contribution in [2.45, 2.75) is 20.3 Å². The number of benzene rings is 1. The van der Waals surface area contributed by atoms with Crippen LogP contribution in [0.4, 0.5) is 5.00 Å². The molecule has 0 aliphatic rings. The molecule has 1 amide bonds. The Bertz CT molecular complexity index is 859. The van der Waals surface area contributed by atoms with Gasteiger partial charge in [0.1, 0.15) is 22.1 Å². The van der Waals surface area contributed by atoms with E-state index in [1.165, 1.54) is 23.5 Å². The maximum Gasteiger partial charge on any atom is 0.342 e. The van der Waals surface area contributed by atoms with Gasteiger partial charge in [0.25, 0.3) is 5.91 Å². The van der Waals surface area contributed by atoms with Gasteiger partial charge in [0.2, 0.25) is 0 Å². The van der Waals surface area contributed by atoms with Crippen LogP contribution in [0, 0.1) is 0 Å². The Morgan fingerprint density at radius 2 is 1.74 bits per heavy atom. The molecular formula is C18H19NO7S. The van der Waals surface area contributed by atoms with E-state index in [9.17, 15) is 24.6 Å². The summed E-state index contributed by atoms with van der Waals surface area (Å²) in [6, 6.07) is 5.02. The molecule has 0 atom stereocenters. The third kappa shape index (κ3) is 5.20. The van der Waals surface area contributed by atoms with Crippen LogP contribution in [0.5, 0.6) is 11.5 Å². The normalized spacial score (nSPS) is 10.3. The predicted octanol–water partition coefficient (Wildman–Crippen LogP) is 2.69. The lowest BCUT2D eigenvalue weighted by Crippen LogP contribution is -2.21. The van der Waals surface area contributed by atoms with Crippen molar-refractivity contribution < 1.29 is 34.1 Å². The summed E-state index contributed by atoms with van der Waals surface area (Å²) in [7, 11) is 0. The molecule has 8 nitrogen and oxygen atoms in total. The first kappa shape index (κ1) is 20.2. The highest BCUT2D eigenvalue weighted by atomic mass is 32.1. The summed E-state index contributed by atoms with van der Waals surface area (Å²) < 4.78 is 9.83. The lowest BCUT2D eigenvalue weighted by Gasteiger charge is -2.08. The molecule has 0 fully saturated rings. The van der Waals surface area contributed by atoms with E-state index in [0.29, 0.717) is 11.4 Å². The number of hydrogen-bond acceptors (Lipinski definition) is 8. The second kappa shape index (κ2) is 9.04. The van der Waals surface area contributed by atoms with E-state index in [2.05, 4.69) is 5.32 Å². The van der Waals surface area contributed by atoms with Crippen LogP contribution in [-0.4, -0.2) is 41.3 Å². The maximum absolute atomic E-state index is 12.1. The number of phenols is 2. The molecule has 0 saturated carbocycles. The molecule has 1 heterocycles. The molecule has 0 bridgehead atoms. The van der Waals surface area contributed by atoms with Crippen molar-refractivity contribution in [3.63, 3.8) is 0 Å². The van der Waals surface area contributed by atoms with E-state index in [-0.39, 0.29) is 23.5 Å². The smallest absolute Gasteiger partial charge is 0.342 e. The van der Waals surface area contributed by atoms with Crippen LogP contribution < -0.4 is 5.32 Å². The average Bonchev–Trinajstić information content (AvgIpc) is 3.03. The fourth-order valence-electron chi connectivity index (χ4n) is 2.13. The number of esters is 2. The molecule has 0 aliphatic heterocycles. The molecule has 3 N–H and O–H groups in total. The summed E-state index contributed by atoms with van der Waals surface area (Å²) in [5.74, 6) is -2.78. The zero-order valence-corrected chi connectivity index (χ0v) is 15.6. The van der Waals surface area contributed by atoms with Crippen LogP contribution in [0.1, 0.15) is 39.4 Å². The predicted molar refractivity (Wildman–Crippen MR) is 98.3 cm³/mol. The molecule has 1 aromatic carbocycles. The average molecular weight is 393 g/mol. The molecule has 27 heavy (non-hydrogen) atoms. The van der Waals surface area contributed by atoms with Crippen LogP contribution >= 0.6 is 11.3 Å². The quantitative estimate of drug-likeness (QED) is 0.618. The van der Waals surface area contributed by atoms with Gasteiger partial charge in [-0.3, -0.25) is 4.79 Å². The summed E-state index contributed by atoms with van der Waals surface area (Å²) in [6.07, 6.45) is 0.683. The first-order valence-electron chi connectivity index (χ1n) is 8.14. The number of carbonyl (C=O) groups is 3. The van der Waals surface area contributed by atoms with Gasteiger partial charge in [-0.15, -0.1) is 11.3 Å². The van der Waals surface area contributed by atoms with E-state index in [4.69, 9.17) is 9.47 Å². The van der Waals surface area contributed by atoms with E-state index in [1.807, 2.05) is 6.92 Å². The van der Waals surface area contributed by atoms with Crippen molar-refractivity contribution >= 4 is 34.2 Å². The van der Waals surface area contributed by atoms with Crippen LogP contribution in [0.25, 0.3) is 0 Å². The number of thiophene rings is 1. The molecule has 9 heteroatoms. The molecule has 0 aliphatic carbocycles. The number of amides is 1. The zero-order valence-electron chi connectivity index (χ0n) is 14.8. The van der Waals surface area contributed by atoms with Crippen LogP contribution in [0.3, 0.4) is 0 Å². The number of nitrogens with one attached hydrogen (secondary N) is 1. The van der Waals surface area contributed by atoms with Gasteiger partial charge in [0.05, 0.1) is 12.2 Å². The number of carbonyl (C=O) groups excluding carboxylic acids is 3. The minimum Gasteiger partial charge on any atom is -0.508 e. The highest BCUT2D eigenvalue weighted by Crippen LogP contribution is 2.29. The first-order valence-corrected chi connectivity index (χ1v) is 8.96. The minimum atomic E-state index is -0.923. The Balaban J connectivity index is 2.02. The highest BCUT2D eigenvalue weighted by molar-refractivity contribution is 7.16. The van der Waals surface area contributed by atoms with Gasteiger partial charge < -0.3 is 25.0 Å². The molecule has 0 spiro atoms. The van der Waals surface area contributed by atoms with Gasteiger partial charge in [-0.05, 0) is 31.5 Å². The molecule has 0 radical (unpaired) electrons. The third-order valence-corrected chi connectivity index (χ3v) is 4.61. The first-order chi connectivity index (χ1) is 12.8. The SMILES string of the molecule is CCOC(=O)c1cc(CC)sc1NC(=O)COC(=O)c1ccc(O)cc1O. The van der Waals surface area contributed by atoms with E-state index in [1.54, 1.807) is 13.0 Å². The maximum atomic E-state index is 12.1. The monoisotopic (exact) mass is 393 g/mol. The number of rotatable bonds is 7. The second-order valence-electron chi connectivity index (χ2n) is 5.36. The van der Waals surface area contributed by atoms with Crippen molar-refractivity contribution in [2.75, 3.05) is 18.5 Å². The van der Waals surface area contributed by atoms with Gasteiger partial charge in [-0.2, -0.15) is 0 Å². The van der Waals surface area contributed by atoms with Crippen molar-refractivity contribution in [1.82, 2.24) is 0 Å². The molecule has 2 rings (SSSR count). The minimum absolute atomic E-state index is 0.183. The fraction of sp³-hybridized carbons (Fsp3) is 0.278. The summed E-state index contributed by atoms with van der Waals surface area (Å²) in [4.78, 5) is 36.9. The second-order valence-corrected chi connectivity index (χ2v) is 6.49. The summed E-state index contributed by atoms with van der Waals surface area (Å²) >= 11 is 1.24. The van der Waals surface area contributed by atoms with E-state index in [0.717, 1.165) is 10.9 Å². The number of aryl methyl sites for hydroxylation is 1.